The fraction of sp³-hybridized carbons (Fsp3) is 0.333. The second-order valence-electron chi connectivity index (χ2n) is 6.93. The highest BCUT2D eigenvalue weighted by Crippen LogP contribution is 2.19. The normalized spacial score (nSPS) is 12.1. The van der Waals surface area contributed by atoms with Gasteiger partial charge in [0, 0.05) is 23.3 Å². The van der Waals surface area contributed by atoms with E-state index < -0.39 is 6.10 Å². The van der Waals surface area contributed by atoms with Gasteiger partial charge in [0.1, 0.15) is 0 Å². The standard InChI is InChI=1S/C21H26ClN3O3/c1-14(2)25(12-15(3)26)13-20(27)24-19-7-5-4-6-18(19)21(28)23-17-10-8-16(22)9-11-17/h4-11,14-15,26H,12-13H2,1-3H3,(H,23,28)(H,24,27). The van der Waals surface area contributed by atoms with E-state index in [0.717, 1.165) is 0 Å². The van der Waals surface area contributed by atoms with Crippen LogP contribution in [0, 0.1) is 0 Å². The van der Waals surface area contributed by atoms with Gasteiger partial charge in [-0.25, -0.2) is 0 Å². The summed E-state index contributed by atoms with van der Waals surface area (Å²) in [5.74, 6) is -0.580. The molecule has 0 aliphatic heterocycles. The van der Waals surface area contributed by atoms with Crippen LogP contribution in [0.3, 0.4) is 0 Å². The number of halogens is 1. The van der Waals surface area contributed by atoms with Crippen molar-refractivity contribution < 1.29 is 14.7 Å². The largest absolute Gasteiger partial charge is 0.392 e. The van der Waals surface area contributed by atoms with Crippen LogP contribution >= 0.6 is 11.6 Å². The summed E-state index contributed by atoms with van der Waals surface area (Å²) in [5.41, 5.74) is 1.40. The molecule has 0 aliphatic rings. The van der Waals surface area contributed by atoms with Crippen LogP contribution in [-0.4, -0.2) is 47.1 Å². The fourth-order valence-electron chi connectivity index (χ4n) is 2.69. The minimum absolute atomic E-state index is 0.101. The van der Waals surface area contributed by atoms with Crippen LogP contribution in [0.25, 0.3) is 0 Å². The van der Waals surface area contributed by atoms with E-state index in [1.807, 2.05) is 18.7 Å². The van der Waals surface area contributed by atoms with E-state index in [0.29, 0.717) is 28.5 Å². The molecular weight excluding hydrogens is 378 g/mol. The van der Waals surface area contributed by atoms with Gasteiger partial charge in [-0.1, -0.05) is 23.7 Å². The lowest BCUT2D eigenvalue weighted by molar-refractivity contribution is -0.118. The number of aliphatic hydroxyl groups is 1. The topological polar surface area (TPSA) is 81.7 Å². The van der Waals surface area contributed by atoms with Crippen LogP contribution in [0.15, 0.2) is 48.5 Å². The second-order valence-corrected chi connectivity index (χ2v) is 7.36. The van der Waals surface area contributed by atoms with Gasteiger partial charge in [0.05, 0.1) is 23.9 Å². The molecule has 1 atom stereocenters. The molecule has 2 amide bonds. The number of carbonyl (C=O) groups excluding carboxylic acids is 2. The first kappa shape index (κ1) is 21.9. The third-order valence-electron chi connectivity index (χ3n) is 4.12. The van der Waals surface area contributed by atoms with Crippen molar-refractivity contribution in [2.75, 3.05) is 23.7 Å². The van der Waals surface area contributed by atoms with E-state index in [9.17, 15) is 14.7 Å². The molecule has 0 spiro atoms. The molecule has 0 heterocycles. The lowest BCUT2D eigenvalue weighted by Gasteiger charge is -2.27. The molecule has 2 rings (SSSR count). The summed E-state index contributed by atoms with van der Waals surface area (Å²) >= 11 is 5.86. The minimum atomic E-state index is -0.535. The zero-order chi connectivity index (χ0) is 20.7. The SMILES string of the molecule is CC(O)CN(CC(=O)Nc1ccccc1C(=O)Nc1ccc(Cl)cc1)C(C)C. The van der Waals surface area contributed by atoms with Gasteiger partial charge in [0.15, 0.2) is 0 Å². The van der Waals surface area contributed by atoms with Crippen molar-refractivity contribution in [3.8, 4) is 0 Å². The Morgan fingerprint density at radius 2 is 1.68 bits per heavy atom. The quantitative estimate of drug-likeness (QED) is 0.628. The Hall–Kier alpha value is -2.41. The van der Waals surface area contributed by atoms with E-state index in [2.05, 4.69) is 10.6 Å². The second kappa shape index (κ2) is 10.2. The van der Waals surface area contributed by atoms with Gasteiger partial charge in [-0.2, -0.15) is 0 Å². The molecule has 0 fully saturated rings. The zero-order valence-electron chi connectivity index (χ0n) is 16.3. The van der Waals surface area contributed by atoms with Crippen molar-refractivity contribution in [1.29, 1.82) is 0 Å². The van der Waals surface area contributed by atoms with Crippen LogP contribution in [0.5, 0.6) is 0 Å². The van der Waals surface area contributed by atoms with Crippen molar-refractivity contribution in [3.63, 3.8) is 0 Å². The van der Waals surface area contributed by atoms with Crippen molar-refractivity contribution >= 4 is 34.8 Å². The number of rotatable bonds is 8. The third-order valence-corrected chi connectivity index (χ3v) is 4.38. The van der Waals surface area contributed by atoms with Gasteiger partial charge in [0.25, 0.3) is 5.91 Å². The number of aliphatic hydroxyl groups excluding tert-OH is 1. The van der Waals surface area contributed by atoms with Gasteiger partial charge in [-0.3, -0.25) is 14.5 Å². The Morgan fingerprint density at radius 1 is 1.04 bits per heavy atom. The number of carbonyl (C=O) groups is 2. The van der Waals surface area contributed by atoms with Crippen molar-refractivity contribution in [2.45, 2.75) is 32.9 Å². The molecular formula is C21H26ClN3O3. The monoisotopic (exact) mass is 403 g/mol. The zero-order valence-corrected chi connectivity index (χ0v) is 17.0. The molecule has 1 unspecified atom stereocenters. The number of amides is 2. The fourth-order valence-corrected chi connectivity index (χ4v) is 2.82. The summed E-state index contributed by atoms with van der Waals surface area (Å²) in [6.45, 7) is 6.12. The Balaban J connectivity index is 2.09. The molecule has 0 aliphatic carbocycles. The van der Waals surface area contributed by atoms with Gasteiger partial charge >= 0.3 is 0 Å². The predicted octanol–water partition coefficient (Wildman–Crippen LogP) is 3.62. The molecule has 0 saturated heterocycles. The summed E-state index contributed by atoms with van der Waals surface area (Å²) in [6, 6.07) is 13.7. The van der Waals surface area contributed by atoms with Crippen molar-refractivity contribution in [3.05, 3.63) is 59.1 Å². The molecule has 0 aromatic heterocycles. The van der Waals surface area contributed by atoms with Crippen LogP contribution in [0.1, 0.15) is 31.1 Å². The smallest absolute Gasteiger partial charge is 0.257 e. The van der Waals surface area contributed by atoms with E-state index >= 15 is 0 Å². The molecule has 2 aromatic carbocycles. The number of benzene rings is 2. The summed E-state index contributed by atoms with van der Waals surface area (Å²) in [4.78, 5) is 27.0. The summed E-state index contributed by atoms with van der Waals surface area (Å²) in [5, 5.41) is 15.8. The highest BCUT2D eigenvalue weighted by molar-refractivity contribution is 6.30. The molecule has 2 aromatic rings. The number of nitrogens with zero attached hydrogens (tertiary/aromatic N) is 1. The van der Waals surface area contributed by atoms with E-state index in [-0.39, 0.29) is 24.4 Å². The lowest BCUT2D eigenvalue weighted by Crippen LogP contribution is -2.42. The van der Waals surface area contributed by atoms with E-state index in [4.69, 9.17) is 11.6 Å². The van der Waals surface area contributed by atoms with Gasteiger partial charge in [-0.15, -0.1) is 0 Å². The first-order chi connectivity index (χ1) is 13.3. The predicted molar refractivity (Wildman–Crippen MR) is 113 cm³/mol. The van der Waals surface area contributed by atoms with Crippen LogP contribution < -0.4 is 10.6 Å². The minimum Gasteiger partial charge on any atom is -0.392 e. The Morgan fingerprint density at radius 3 is 2.29 bits per heavy atom. The van der Waals surface area contributed by atoms with Crippen LogP contribution in [0.2, 0.25) is 5.02 Å². The molecule has 0 radical (unpaired) electrons. The van der Waals surface area contributed by atoms with E-state index in [1.54, 1.807) is 55.5 Å². The van der Waals surface area contributed by atoms with Crippen molar-refractivity contribution in [1.82, 2.24) is 4.90 Å². The van der Waals surface area contributed by atoms with Gasteiger partial charge in [-0.05, 0) is 57.2 Å². The Kier molecular flexibility index (Phi) is 7.99. The number of hydrogen-bond acceptors (Lipinski definition) is 4. The Labute approximate surface area is 170 Å². The first-order valence-electron chi connectivity index (χ1n) is 9.14. The average molecular weight is 404 g/mol. The van der Waals surface area contributed by atoms with Gasteiger partial charge < -0.3 is 15.7 Å². The highest BCUT2D eigenvalue weighted by atomic mass is 35.5. The third kappa shape index (κ3) is 6.64. The van der Waals surface area contributed by atoms with Crippen LogP contribution in [-0.2, 0) is 4.79 Å². The maximum Gasteiger partial charge on any atom is 0.257 e. The van der Waals surface area contributed by atoms with Crippen molar-refractivity contribution in [2.24, 2.45) is 0 Å². The average Bonchev–Trinajstić information content (AvgIpc) is 2.63. The number of nitrogens with one attached hydrogen (secondary N) is 2. The summed E-state index contributed by atoms with van der Waals surface area (Å²) in [7, 11) is 0. The Bertz CT molecular complexity index is 807. The van der Waals surface area contributed by atoms with Crippen LogP contribution in [0.4, 0.5) is 11.4 Å². The number of para-hydroxylation sites is 1. The molecule has 0 saturated carbocycles. The summed E-state index contributed by atoms with van der Waals surface area (Å²) < 4.78 is 0. The molecule has 28 heavy (non-hydrogen) atoms. The molecule has 150 valence electrons. The van der Waals surface area contributed by atoms with Gasteiger partial charge in [0.2, 0.25) is 5.91 Å². The molecule has 6 nitrogen and oxygen atoms in total. The molecule has 0 bridgehead atoms. The lowest BCUT2D eigenvalue weighted by atomic mass is 10.1. The maximum atomic E-state index is 12.6. The van der Waals surface area contributed by atoms with E-state index in [1.165, 1.54) is 0 Å². The molecule has 3 N–H and O–H groups in total. The maximum absolute atomic E-state index is 12.6. The highest BCUT2D eigenvalue weighted by Gasteiger charge is 2.18. The molecule has 7 heteroatoms. The number of hydrogen-bond donors (Lipinski definition) is 3. The number of anilines is 2. The summed E-state index contributed by atoms with van der Waals surface area (Å²) in [6.07, 6.45) is -0.535. The first-order valence-corrected chi connectivity index (χ1v) is 9.52.